The van der Waals surface area contributed by atoms with Gasteiger partial charge in [-0.1, -0.05) is 12.1 Å². The van der Waals surface area contributed by atoms with Crippen LogP contribution in [0.15, 0.2) is 48.7 Å². The van der Waals surface area contributed by atoms with E-state index in [9.17, 15) is 23.6 Å². The second-order valence-electron chi connectivity index (χ2n) is 16.5. The van der Waals surface area contributed by atoms with Crippen LogP contribution in [-0.2, 0) is 19.2 Å². The maximum absolute atomic E-state index is 15.2. The summed E-state index contributed by atoms with van der Waals surface area (Å²) in [6.07, 6.45) is 11.2. The Hall–Kier alpha value is -5.18. The Morgan fingerprint density at radius 3 is 2.29 bits per heavy atom. The molecule has 0 bridgehead atoms. The lowest BCUT2D eigenvalue weighted by atomic mass is 9.83. The summed E-state index contributed by atoms with van der Waals surface area (Å²) >= 11 is 0. The van der Waals surface area contributed by atoms with E-state index in [1.807, 2.05) is 18.2 Å². The van der Waals surface area contributed by atoms with E-state index in [4.69, 9.17) is 0 Å². The number of imide groups is 1. The molecule has 3 saturated heterocycles. The van der Waals surface area contributed by atoms with Crippen LogP contribution >= 0.6 is 0 Å². The average Bonchev–Trinajstić information content (AvgIpc) is 3.24. The van der Waals surface area contributed by atoms with E-state index in [1.165, 1.54) is 12.3 Å². The molecule has 3 aliphatic heterocycles. The number of carbonyl (C=O) groups is 4. The zero-order chi connectivity index (χ0) is 40.2. The van der Waals surface area contributed by atoms with Gasteiger partial charge in [0.05, 0.1) is 11.9 Å². The van der Waals surface area contributed by atoms with E-state index < -0.39 is 11.9 Å². The first-order chi connectivity index (χ1) is 28.2. The first-order valence-electron chi connectivity index (χ1n) is 21.1. The van der Waals surface area contributed by atoms with Crippen molar-refractivity contribution in [2.24, 2.45) is 5.92 Å². The number of piperazine rings is 1. The normalized spacial score (nSPS) is 25.9. The third kappa shape index (κ3) is 9.24. The molecular formula is C43H53F2N9O4. The van der Waals surface area contributed by atoms with Gasteiger partial charge in [-0.15, -0.1) is 0 Å². The van der Waals surface area contributed by atoms with Crippen LogP contribution in [0.1, 0.15) is 83.5 Å². The van der Waals surface area contributed by atoms with E-state index in [0.717, 1.165) is 83.0 Å². The summed E-state index contributed by atoms with van der Waals surface area (Å²) in [5.41, 5.74) is 2.60. The van der Waals surface area contributed by atoms with Crippen LogP contribution in [0.3, 0.4) is 0 Å². The summed E-state index contributed by atoms with van der Waals surface area (Å²) in [6, 6.07) is 12.3. The van der Waals surface area contributed by atoms with Crippen LogP contribution in [0.5, 0.6) is 0 Å². The van der Waals surface area contributed by atoms with Crippen molar-refractivity contribution in [3.8, 4) is 11.3 Å². The highest BCUT2D eigenvalue weighted by Gasteiger charge is 2.33. The lowest BCUT2D eigenvalue weighted by molar-refractivity contribution is -0.133. The molecule has 1 aromatic heterocycles. The number of rotatable bonds is 10. The summed E-state index contributed by atoms with van der Waals surface area (Å²) in [7, 11) is 0. The number of nitrogens with one attached hydrogen (secondary N) is 4. The van der Waals surface area contributed by atoms with Gasteiger partial charge in [-0.25, -0.2) is 18.7 Å². The minimum Gasteiger partial charge on any atom is -0.374 e. The van der Waals surface area contributed by atoms with Crippen LogP contribution < -0.4 is 31.1 Å². The molecule has 4 N–H and O–H groups in total. The monoisotopic (exact) mass is 797 g/mol. The molecule has 1 unspecified atom stereocenters. The number of anilines is 4. The van der Waals surface area contributed by atoms with E-state index in [-0.39, 0.29) is 59.6 Å². The van der Waals surface area contributed by atoms with Crippen molar-refractivity contribution in [3.63, 3.8) is 0 Å². The number of piperidine rings is 2. The van der Waals surface area contributed by atoms with Gasteiger partial charge in [0.1, 0.15) is 17.6 Å². The van der Waals surface area contributed by atoms with E-state index in [1.54, 1.807) is 23.1 Å². The van der Waals surface area contributed by atoms with Crippen LogP contribution in [0.2, 0.25) is 0 Å². The van der Waals surface area contributed by atoms with E-state index in [2.05, 4.69) is 41.0 Å². The lowest BCUT2D eigenvalue weighted by Crippen LogP contribution is -2.52. The molecule has 5 aliphatic rings. The molecule has 58 heavy (non-hydrogen) atoms. The molecule has 2 aliphatic carbocycles. The Morgan fingerprint density at radius 2 is 1.55 bits per heavy atom. The van der Waals surface area contributed by atoms with Crippen molar-refractivity contribution in [1.82, 2.24) is 25.5 Å². The molecule has 2 saturated carbocycles. The van der Waals surface area contributed by atoms with Gasteiger partial charge >= 0.3 is 0 Å². The van der Waals surface area contributed by atoms with Crippen LogP contribution in [-0.4, -0.2) is 95.4 Å². The number of amides is 4. The Labute approximate surface area is 337 Å². The fourth-order valence-corrected chi connectivity index (χ4v) is 9.34. The van der Waals surface area contributed by atoms with Gasteiger partial charge < -0.3 is 25.8 Å². The summed E-state index contributed by atoms with van der Waals surface area (Å²) in [5.74, 6) is -0.936. The second kappa shape index (κ2) is 17.8. The van der Waals surface area contributed by atoms with Crippen molar-refractivity contribution < 1.29 is 28.0 Å². The minimum atomic E-state index is -0.562. The smallest absolute Gasteiger partial charge is 0.249 e. The predicted molar refractivity (Wildman–Crippen MR) is 217 cm³/mol. The Morgan fingerprint density at radius 1 is 0.776 bits per heavy atom. The highest BCUT2D eigenvalue weighted by Crippen LogP contribution is 2.32. The molecule has 0 radical (unpaired) electrons. The minimum absolute atomic E-state index is 0.00681. The summed E-state index contributed by atoms with van der Waals surface area (Å²) in [4.78, 5) is 64.5. The third-order valence-corrected chi connectivity index (χ3v) is 12.7. The van der Waals surface area contributed by atoms with Crippen molar-refractivity contribution in [2.45, 2.75) is 108 Å². The number of nitrogens with zero attached hydrogens (tertiary/aromatic N) is 5. The number of benzene rings is 2. The van der Waals surface area contributed by atoms with Gasteiger partial charge in [0.25, 0.3) is 0 Å². The molecule has 8 rings (SSSR count). The van der Waals surface area contributed by atoms with Crippen molar-refractivity contribution in [1.29, 1.82) is 0 Å². The van der Waals surface area contributed by atoms with E-state index >= 15 is 4.39 Å². The predicted octanol–water partition coefficient (Wildman–Crippen LogP) is 5.38. The largest absolute Gasteiger partial charge is 0.374 e. The number of hydrogen-bond donors (Lipinski definition) is 4. The molecule has 4 heterocycles. The Balaban J connectivity index is 0.754. The topological polar surface area (TPSA) is 152 Å². The maximum Gasteiger partial charge on any atom is 0.249 e. The molecule has 1 atom stereocenters. The maximum atomic E-state index is 15.2. The van der Waals surface area contributed by atoms with Crippen LogP contribution in [0.4, 0.5) is 31.8 Å². The molecule has 15 heteroatoms. The quantitative estimate of drug-likeness (QED) is 0.197. The fourth-order valence-electron chi connectivity index (χ4n) is 9.34. The number of halogens is 2. The SMILES string of the molecule is O=C1CCC(Nc2ccc(N3CCN([C@H]4CC[C@H](C(=O)NC5CCC(Nc6ncc(F)c(-c7cccc(N8CCCCC8=O)c7)n6)CC5)CC4)CC3)c(F)c2)C(=O)N1. The highest BCUT2D eigenvalue weighted by molar-refractivity contribution is 6.01. The molecular weight excluding hydrogens is 745 g/mol. The second-order valence-corrected chi connectivity index (χ2v) is 16.5. The summed E-state index contributed by atoms with van der Waals surface area (Å²) in [5, 5.41) is 12.1. The van der Waals surface area contributed by atoms with Crippen molar-refractivity contribution in [2.75, 3.05) is 53.2 Å². The van der Waals surface area contributed by atoms with Gasteiger partial charge in [0, 0.05) is 86.5 Å². The van der Waals surface area contributed by atoms with Crippen molar-refractivity contribution in [3.05, 3.63) is 60.3 Å². The fraction of sp³-hybridized carbons (Fsp3) is 0.535. The Bertz CT molecular complexity index is 1990. The standard InChI is InChI=1S/C43H53F2N9O4/c44-34-25-31(47-36-16-18-38(55)50-42(36)58)13-17-37(34)53-22-20-52(21-23-53)32-14-7-27(8-15-32)41(57)48-29-9-11-30(12-10-29)49-43-46-26-35(45)40(51-43)28-4-3-5-33(24-28)54-19-2-1-6-39(54)56/h3-5,13,17,24-27,29-30,32,36,47H,1-2,6-12,14-16,18-23H2,(H,48,57)(H,46,49,51)(H,50,55,58)/t27-,29?,30?,32-,36?. The van der Waals surface area contributed by atoms with Crippen LogP contribution in [0, 0.1) is 17.6 Å². The third-order valence-electron chi connectivity index (χ3n) is 12.7. The van der Waals surface area contributed by atoms with Crippen molar-refractivity contribution >= 4 is 46.6 Å². The summed E-state index contributed by atoms with van der Waals surface area (Å²) < 4.78 is 30.2. The zero-order valence-corrected chi connectivity index (χ0v) is 32.9. The number of hydrogen-bond acceptors (Lipinski definition) is 10. The first kappa shape index (κ1) is 39.6. The molecule has 4 amide bonds. The van der Waals surface area contributed by atoms with Gasteiger partial charge in [0.15, 0.2) is 5.82 Å². The average molecular weight is 798 g/mol. The van der Waals surface area contributed by atoms with Gasteiger partial charge in [0.2, 0.25) is 29.6 Å². The van der Waals surface area contributed by atoms with E-state index in [0.29, 0.717) is 61.4 Å². The molecule has 308 valence electrons. The molecule has 5 fully saturated rings. The zero-order valence-electron chi connectivity index (χ0n) is 32.9. The van der Waals surface area contributed by atoms with Gasteiger partial charge in [-0.2, -0.15) is 0 Å². The molecule has 0 spiro atoms. The Kier molecular flexibility index (Phi) is 12.1. The van der Waals surface area contributed by atoms with Gasteiger partial charge in [-0.3, -0.25) is 29.4 Å². The highest BCUT2D eigenvalue weighted by atomic mass is 19.1. The summed E-state index contributed by atoms with van der Waals surface area (Å²) in [6.45, 7) is 3.73. The number of carbonyl (C=O) groups excluding carboxylic acids is 4. The lowest BCUT2D eigenvalue weighted by Gasteiger charge is -2.42. The first-order valence-corrected chi connectivity index (χ1v) is 21.1. The molecule has 3 aromatic rings. The molecule has 13 nitrogen and oxygen atoms in total. The van der Waals surface area contributed by atoms with Crippen LogP contribution in [0.25, 0.3) is 11.3 Å². The number of aromatic nitrogens is 2. The molecule has 2 aromatic carbocycles. The van der Waals surface area contributed by atoms with Gasteiger partial charge in [-0.05, 0) is 101 Å².